The minimum atomic E-state index is -0.0795. The maximum absolute atomic E-state index is 2.52. The average Bonchev–Trinajstić information content (AvgIpc) is 4.01. The van der Waals surface area contributed by atoms with Crippen molar-refractivity contribution in [2.24, 2.45) is 0 Å². The summed E-state index contributed by atoms with van der Waals surface area (Å²) in [5.41, 5.74) is 19.3. The first-order valence-electron chi connectivity index (χ1n) is 21.2. The maximum atomic E-state index is 2.52. The molecule has 0 amide bonds. The van der Waals surface area contributed by atoms with E-state index in [0.29, 0.717) is 0 Å². The molecule has 60 heavy (non-hydrogen) atoms. The van der Waals surface area contributed by atoms with Crippen molar-refractivity contribution in [1.29, 1.82) is 0 Å². The molecule has 0 radical (unpaired) electrons. The summed E-state index contributed by atoms with van der Waals surface area (Å²) in [5, 5.41) is 6.50. The second-order valence-corrected chi connectivity index (χ2v) is 18.2. The van der Waals surface area contributed by atoms with Crippen LogP contribution in [0.1, 0.15) is 42.7 Å². The Balaban J connectivity index is 1.06. The van der Waals surface area contributed by atoms with Crippen LogP contribution in [0.25, 0.3) is 104 Å². The fourth-order valence-electron chi connectivity index (χ4n) is 10.8. The van der Waals surface area contributed by atoms with Gasteiger partial charge in [0.05, 0.1) is 16.6 Å². The lowest BCUT2D eigenvalue weighted by Gasteiger charge is -2.22. The molecule has 3 heterocycles. The van der Waals surface area contributed by atoms with Gasteiger partial charge < -0.3 is 9.13 Å². The lowest BCUT2D eigenvalue weighted by atomic mass is 9.81. The number of thiophene rings is 1. The fourth-order valence-corrected chi connectivity index (χ4v) is 12.0. The van der Waals surface area contributed by atoms with Gasteiger partial charge in [0.15, 0.2) is 0 Å². The normalized spacial score (nSPS) is 14.1. The maximum Gasteiger partial charge on any atom is 0.0547 e. The number of hydrogen-bond donors (Lipinski definition) is 0. The molecule has 2 aliphatic carbocycles. The quantitative estimate of drug-likeness (QED) is 0.168. The summed E-state index contributed by atoms with van der Waals surface area (Å²) in [4.78, 5) is 0. The number of fused-ring (bicyclic) bond motifs is 12. The highest BCUT2D eigenvalue weighted by molar-refractivity contribution is 7.26. The topological polar surface area (TPSA) is 9.86 Å². The summed E-state index contributed by atoms with van der Waals surface area (Å²) in [7, 11) is 0. The molecule has 2 nitrogen and oxygen atoms in total. The van der Waals surface area contributed by atoms with Crippen molar-refractivity contribution in [1.82, 2.24) is 9.13 Å². The van der Waals surface area contributed by atoms with E-state index in [9.17, 15) is 0 Å². The molecule has 13 rings (SSSR count). The molecule has 0 saturated carbocycles. The molecular formula is C57H40N2S. The molecule has 8 aromatic carbocycles. The smallest absolute Gasteiger partial charge is 0.0547 e. The van der Waals surface area contributed by atoms with E-state index < -0.39 is 0 Å². The number of benzene rings is 8. The molecule has 0 unspecified atom stereocenters. The Morgan fingerprint density at radius 3 is 2.13 bits per heavy atom. The Morgan fingerprint density at radius 2 is 1.22 bits per heavy atom. The van der Waals surface area contributed by atoms with E-state index in [2.05, 4.69) is 205 Å². The van der Waals surface area contributed by atoms with Crippen molar-refractivity contribution in [2.75, 3.05) is 0 Å². The van der Waals surface area contributed by atoms with Crippen LogP contribution in [-0.4, -0.2) is 9.13 Å². The van der Waals surface area contributed by atoms with Crippen molar-refractivity contribution in [3.63, 3.8) is 0 Å². The Hall–Kier alpha value is -6.94. The van der Waals surface area contributed by atoms with Crippen LogP contribution in [0.3, 0.4) is 0 Å². The van der Waals surface area contributed by atoms with Crippen molar-refractivity contribution >= 4 is 70.3 Å². The molecule has 11 aromatic rings. The van der Waals surface area contributed by atoms with E-state index in [-0.39, 0.29) is 5.41 Å². The average molecular weight is 785 g/mol. The van der Waals surface area contributed by atoms with Crippen LogP contribution in [0, 0.1) is 0 Å². The fraction of sp³-hybridized carbons (Fsp3) is 0.0877. The summed E-state index contributed by atoms with van der Waals surface area (Å²) in [6.07, 6.45) is 6.79. The summed E-state index contributed by atoms with van der Waals surface area (Å²) in [6, 6.07) is 63.9. The molecule has 0 N–H and O–H groups in total. The predicted octanol–water partition coefficient (Wildman–Crippen LogP) is 15.7. The standard InChI is InChI=1S/C57H40N2S/c1-57(2)48-22-10-6-17-40(48)41-29-27-35(31-49(41)57)46-33-38(34-47-44-19-9-13-26-54(44)60-56(46)47)59-51-24-12-8-20-45(51)55-39(21-14-25-52(55)59)36-28-30-43-42-18-7-11-23-50(42)58(53(43)32-36)37-15-4-3-5-16-37/h3-6,8-17,19-34H,7,18H2,1-2H3. The number of allylic oxidation sites excluding steroid dienone is 1. The minimum Gasteiger partial charge on any atom is -0.310 e. The van der Waals surface area contributed by atoms with Crippen LogP contribution in [-0.2, 0) is 11.8 Å². The highest BCUT2D eigenvalue weighted by Gasteiger charge is 2.35. The Labute approximate surface area is 352 Å². The van der Waals surface area contributed by atoms with Crippen LogP contribution >= 0.6 is 11.3 Å². The first kappa shape index (κ1) is 34.0. The minimum absolute atomic E-state index is 0.0795. The van der Waals surface area contributed by atoms with E-state index in [1.165, 1.54) is 120 Å². The second kappa shape index (κ2) is 12.5. The van der Waals surface area contributed by atoms with Crippen LogP contribution in [0.15, 0.2) is 176 Å². The molecule has 3 heteroatoms. The number of hydrogen-bond acceptors (Lipinski definition) is 1. The number of rotatable bonds is 4. The van der Waals surface area contributed by atoms with Gasteiger partial charge in [0.2, 0.25) is 0 Å². The summed E-state index contributed by atoms with van der Waals surface area (Å²) >= 11 is 1.91. The van der Waals surface area contributed by atoms with Gasteiger partial charge in [-0.1, -0.05) is 135 Å². The molecule has 0 saturated heterocycles. The third-order valence-electron chi connectivity index (χ3n) is 13.6. The van der Waals surface area contributed by atoms with Crippen LogP contribution < -0.4 is 0 Å². The van der Waals surface area contributed by atoms with Crippen molar-refractivity contribution in [3.05, 3.63) is 198 Å². The highest BCUT2D eigenvalue weighted by Crippen LogP contribution is 2.51. The molecule has 284 valence electrons. The zero-order valence-electron chi connectivity index (χ0n) is 33.5. The van der Waals surface area contributed by atoms with Gasteiger partial charge in [0, 0.05) is 64.4 Å². The molecule has 0 fully saturated rings. The molecule has 0 atom stereocenters. The zero-order valence-corrected chi connectivity index (χ0v) is 34.4. The summed E-state index contributed by atoms with van der Waals surface area (Å²) in [5.74, 6) is 0. The van der Waals surface area contributed by atoms with Gasteiger partial charge in [0.1, 0.15) is 0 Å². The van der Waals surface area contributed by atoms with Crippen LogP contribution in [0.5, 0.6) is 0 Å². The lowest BCUT2D eigenvalue weighted by molar-refractivity contribution is 0.660. The third kappa shape index (κ3) is 4.70. The Bertz CT molecular complexity index is 3630. The molecule has 3 aromatic heterocycles. The highest BCUT2D eigenvalue weighted by atomic mass is 32.1. The van der Waals surface area contributed by atoms with Crippen LogP contribution in [0.2, 0.25) is 0 Å². The first-order valence-corrected chi connectivity index (χ1v) is 22.0. The molecule has 0 spiro atoms. The SMILES string of the molecule is CC1(C)c2ccccc2-c2ccc(-c3cc(-n4c5ccccc5c5c(-c6ccc7c8c(n(-c9ccccc9)c7c6)C=CCC8)cccc54)cc4c3sc3ccccc34)cc21. The molecule has 2 aliphatic rings. The van der Waals surface area contributed by atoms with E-state index in [1.54, 1.807) is 0 Å². The molecule has 0 aliphatic heterocycles. The second-order valence-electron chi connectivity index (χ2n) is 17.2. The van der Waals surface area contributed by atoms with Gasteiger partial charge in [0.25, 0.3) is 0 Å². The summed E-state index contributed by atoms with van der Waals surface area (Å²) < 4.78 is 7.64. The van der Waals surface area contributed by atoms with Crippen molar-refractivity contribution < 1.29 is 0 Å². The Kier molecular flexibility index (Phi) is 7.10. The van der Waals surface area contributed by atoms with Gasteiger partial charge in [-0.3, -0.25) is 0 Å². The third-order valence-corrected chi connectivity index (χ3v) is 14.8. The van der Waals surface area contributed by atoms with Gasteiger partial charge >= 0.3 is 0 Å². The summed E-state index contributed by atoms with van der Waals surface area (Å²) in [6.45, 7) is 4.76. The van der Waals surface area contributed by atoms with Crippen molar-refractivity contribution in [3.8, 4) is 44.8 Å². The van der Waals surface area contributed by atoms with E-state index in [4.69, 9.17) is 0 Å². The van der Waals surface area contributed by atoms with E-state index >= 15 is 0 Å². The van der Waals surface area contributed by atoms with E-state index in [1.807, 2.05) is 11.3 Å². The van der Waals surface area contributed by atoms with Gasteiger partial charge in [-0.15, -0.1) is 11.3 Å². The molecular weight excluding hydrogens is 745 g/mol. The van der Waals surface area contributed by atoms with E-state index in [0.717, 1.165) is 12.8 Å². The molecule has 0 bridgehead atoms. The predicted molar refractivity (Wildman–Crippen MR) is 256 cm³/mol. The monoisotopic (exact) mass is 784 g/mol. The van der Waals surface area contributed by atoms with Crippen molar-refractivity contribution in [2.45, 2.75) is 32.1 Å². The van der Waals surface area contributed by atoms with Gasteiger partial charge in [-0.25, -0.2) is 0 Å². The number of aromatic nitrogens is 2. The first-order chi connectivity index (χ1) is 29.5. The zero-order chi connectivity index (χ0) is 39.7. The van der Waals surface area contributed by atoms with Crippen LogP contribution in [0.4, 0.5) is 0 Å². The largest absolute Gasteiger partial charge is 0.310 e. The van der Waals surface area contributed by atoms with Gasteiger partial charge in [-0.05, 0) is 118 Å². The number of nitrogens with zero attached hydrogens (tertiary/aromatic N) is 2. The van der Waals surface area contributed by atoms with Gasteiger partial charge in [-0.2, -0.15) is 0 Å². The lowest BCUT2D eigenvalue weighted by Crippen LogP contribution is -2.14. The number of para-hydroxylation sites is 2. The Morgan fingerprint density at radius 1 is 0.483 bits per heavy atom. The number of aryl methyl sites for hydroxylation is 1.